The molecule has 0 bridgehead atoms. The summed E-state index contributed by atoms with van der Waals surface area (Å²) in [7, 11) is 1.66. The second kappa shape index (κ2) is 5.32. The molecule has 1 N–H and O–H groups in total. The molecule has 0 radical (unpaired) electrons. The first-order valence-electron chi connectivity index (χ1n) is 6.63. The van der Waals surface area contributed by atoms with Gasteiger partial charge in [0.05, 0.1) is 18.2 Å². The molecule has 21 heavy (non-hydrogen) atoms. The van der Waals surface area contributed by atoms with Crippen LogP contribution in [-0.4, -0.2) is 22.8 Å². The first kappa shape index (κ1) is 13.2. The number of rotatable bonds is 4. The molecule has 0 atom stereocenters. The number of benzene rings is 2. The minimum atomic E-state index is -0.905. The van der Waals surface area contributed by atoms with E-state index in [1.54, 1.807) is 19.2 Å². The lowest BCUT2D eigenvalue weighted by Crippen LogP contribution is -2.00. The number of fused-ring (bicyclic) bond motifs is 1. The Morgan fingerprint density at radius 2 is 1.90 bits per heavy atom. The van der Waals surface area contributed by atoms with E-state index in [1.807, 2.05) is 42.6 Å². The third kappa shape index (κ3) is 2.48. The number of aromatic nitrogens is 1. The molecule has 4 heteroatoms. The van der Waals surface area contributed by atoms with E-state index in [0.29, 0.717) is 12.1 Å². The Labute approximate surface area is 122 Å². The molecule has 0 aliphatic rings. The molecule has 0 spiro atoms. The highest BCUT2D eigenvalue weighted by Crippen LogP contribution is 2.26. The van der Waals surface area contributed by atoms with Crippen molar-refractivity contribution in [3.63, 3.8) is 0 Å². The van der Waals surface area contributed by atoms with Gasteiger partial charge in [0.1, 0.15) is 5.75 Å². The summed E-state index contributed by atoms with van der Waals surface area (Å²) in [6.45, 7) is 0.691. The number of carboxylic acid groups (broad SMARTS) is 1. The fraction of sp³-hybridized carbons (Fsp3) is 0.118. The summed E-state index contributed by atoms with van der Waals surface area (Å²) in [6.07, 6.45) is 2.01. The van der Waals surface area contributed by atoms with Crippen molar-refractivity contribution in [3.05, 3.63) is 65.9 Å². The summed E-state index contributed by atoms with van der Waals surface area (Å²) in [5.41, 5.74) is 2.45. The van der Waals surface area contributed by atoms with Crippen LogP contribution in [0.25, 0.3) is 10.9 Å². The summed E-state index contributed by atoms with van der Waals surface area (Å²) in [5, 5.41) is 9.98. The van der Waals surface area contributed by atoms with Crippen LogP contribution in [0, 0.1) is 0 Å². The van der Waals surface area contributed by atoms with Crippen LogP contribution in [0.3, 0.4) is 0 Å². The zero-order chi connectivity index (χ0) is 14.8. The molecular weight excluding hydrogens is 266 g/mol. The average molecular weight is 281 g/mol. The van der Waals surface area contributed by atoms with Crippen LogP contribution >= 0.6 is 0 Å². The van der Waals surface area contributed by atoms with Crippen molar-refractivity contribution in [2.24, 2.45) is 0 Å². The molecule has 1 aromatic heterocycles. The molecule has 0 aliphatic heterocycles. The number of methoxy groups -OCH3 is 1. The molecule has 4 nitrogen and oxygen atoms in total. The van der Waals surface area contributed by atoms with Gasteiger partial charge in [-0.25, -0.2) is 4.79 Å². The summed E-state index contributed by atoms with van der Waals surface area (Å²) in [6, 6.07) is 14.9. The highest BCUT2D eigenvalue weighted by Gasteiger charge is 2.07. The number of aromatic carboxylic acids is 1. The van der Waals surface area contributed by atoms with Crippen molar-refractivity contribution >= 4 is 16.9 Å². The Morgan fingerprint density at radius 1 is 1.14 bits per heavy atom. The Kier molecular flexibility index (Phi) is 3.36. The van der Waals surface area contributed by atoms with E-state index < -0.39 is 5.97 Å². The van der Waals surface area contributed by atoms with Crippen LogP contribution in [0.2, 0.25) is 0 Å². The largest absolute Gasteiger partial charge is 0.496 e. The molecule has 3 aromatic rings. The predicted molar refractivity (Wildman–Crippen MR) is 81.0 cm³/mol. The number of ether oxygens (including phenoxy) is 1. The van der Waals surface area contributed by atoms with E-state index >= 15 is 0 Å². The Morgan fingerprint density at radius 3 is 2.57 bits per heavy atom. The van der Waals surface area contributed by atoms with E-state index in [2.05, 4.69) is 4.57 Å². The van der Waals surface area contributed by atoms with Crippen molar-refractivity contribution in [1.82, 2.24) is 4.57 Å². The van der Waals surface area contributed by atoms with Gasteiger partial charge in [-0.2, -0.15) is 0 Å². The average Bonchev–Trinajstić information content (AvgIpc) is 2.91. The summed E-state index contributed by atoms with van der Waals surface area (Å²) < 4.78 is 7.47. The van der Waals surface area contributed by atoms with Gasteiger partial charge in [0, 0.05) is 18.1 Å². The normalized spacial score (nSPS) is 10.7. The Hall–Kier alpha value is -2.75. The first-order valence-corrected chi connectivity index (χ1v) is 6.63. The predicted octanol–water partition coefficient (Wildman–Crippen LogP) is 3.40. The lowest BCUT2D eigenvalue weighted by atomic mass is 10.1. The quantitative estimate of drug-likeness (QED) is 0.797. The van der Waals surface area contributed by atoms with Gasteiger partial charge in [-0.05, 0) is 35.9 Å². The van der Waals surface area contributed by atoms with E-state index in [-0.39, 0.29) is 0 Å². The lowest BCUT2D eigenvalue weighted by Gasteiger charge is -2.07. The number of carboxylic acids is 1. The minimum Gasteiger partial charge on any atom is -0.496 e. The van der Waals surface area contributed by atoms with Crippen molar-refractivity contribution in [1.29, 1.82) is 0 Å². The third-order valence-corrected chi connectivity index (χ3v) is 3.55. The molecule has 0 aliphatic carbocycles. The summed E-state index contributed by atoms with van der Waals surface area (Å²) >= 11 is 0. The second-order valence-corrected chi connectivity index (χ2v) is 4.84. The first-order chi connectivity index (χ1) is 10.2. The number of nitrogens with zero attached hydrogens (tertiary/aromatic N) is 1. The third-order valence-electron chi connectivity index (χ3n) is 3.55. The van der Waals surface area contributed by atoms with Crippen LogP contribution in [-0.2, 0) is 6.54 Å². The van der Waals surface area contributed by atoms with E-state index in [0.717, 1.165) is 22.2 Å². The Bertz CT molecular complexity index is 787. The van der Waals surface area contributed by atoms with Gasteiger partial charge in [-0.1, -0.05) is 18.2 Å². The highest BCUT2D eigenvalue weighted by molar-refractivity contribution is 5.88. The van der Waals surface area contributed by atoms with Crippen LogP contribution in [0.4, 0.5) is 0 Å². The van der Waals surface area contributed by atoms with Crippen molar-refractivity contribution in [2.75, 3.05) is 7.11 Å². The van der Waals surface area contributed by atoms with Crippen LogP contribution in [0.5, 0.6) is 5.75 Å². The smallest absolute Gasteiger partial charge is 0.335 e. The molecule has 0 amide bonds. The SMILES string of the molecule is COc1cccc2c1ccn2Cc1ccc(C(=O)O)cc1. The molecule has 0 unspecified atom stereocenters. The van der Waals surface area contributed by atoms with Crippen LogP contribution in [0.15, 0.2) is 54.7 Å². The second-order valence-electron chi connectivity index (χ2n) is 4.84. The van der Waals surface area contributed by atoms with Crippen molar-refractivity contribution < 1.29 is 14.6 Å². The van der Waals surface area contributed by atoms with Gasteiger partial charge in [0.25, 0.3) is 0 Å². The lowest BCUT2D eigenvalue weighted by molar-refractivity contribution is 0.0697. The van der Waals surface area contributed by atoms with Crippen LogP contribution < -0.4 is 4.74 Å². The maximum absolute atomic E-state index is 10.9. The van der Waals surface area contributed by atoms with Gasteiger partial charge >= 0.3 is 5.97 Å². The number of hydrogen-bond acceptors (Lipinski definition) is 2. The van der Waals surface area contributed by atoms with Gasteiger partial charge in [0.15, 0.2) is 0 Å². The molecular formula is C17H15NO3. The zero-order valence-electron chi connectivity index (χ0n) is 11.6. The fourth-order valence-electron chi connectivity index (χ4n) is 2.46. The number of hydrogen-bond donors (Lipinski definition) is 1. The zero-order valence-corrected chi connectivity index (χ0v) is 11.6. The van der Waals surface area contributed by atoms with Crippen LogP contribution in [0.1, 0.15) is 15.9 Å². The van der Waals surface area contributed by atoms with Crippen molar-refractivity contribution in [2.45, 2.75) is 6.54 Å². The monoisotopic (exact) mass is 281 g/mol. The molecule has 106 valence electrons. The minimum absolute atomic E-state index is 0.304. The number of carbonyl (C=O) groups is 1. The summed E-state index contributed by atoms with van der Waals surface area (Å²) in [5.74, 6) is -0.0508. The molecule has 0 saturated heterocycles. The van der Waals surface area contributed by atoms with E-state index in [4.69, 9.17) is 9.84 Å². The van der Waals surface area contributed by atoms with Gasteiger partial charge in [0.2, 0.25) is 0 Å². The van der Waals surface area contributed by atoms with Gasteiger partial charge in [-0.15, -0.1) is 0 Å². The standard InChI is InChI=1S/C17H15NO3/c1-21-16-4-2-3-15-14(16)9-10-18(15)11-12-5-7-13(8-6-12)17(19)20/h2-10H,11H2,1H3,(H,19,20). The molecule has 1 heterocycles. The van der Waals surface area contributed by atoms with Gasteiger partial charge in [-0.3, -0.25) is 0 Å². The van der Waals surface area contributed by atoms with E-state index in [1.165, 1.54) is 0 Å². The van der Waals surface area contributed by atoms with Gasteiger partial charge < -0.3 is 14.4 Å². The molecule has 3 rings (SSSR count). The Balaban J connectivity index is 1.93. The maximum atomic E-state index is 10.9. The molecule has 2 aromatic carbocycles. The summed E-state index contributed by atoms with van der Waals surface area (Å²) in [4.78, 5) is 10.9. The molecule has 0 fully saturated rings. The van der Waals surface area contributed by atoms with Crippen molar-refractivity contribution in [3.8, 4) is 5.75 Å². The van der Waals surface area contributed by atoms with E-state index in [9.17, 15) is 4.79 Å². The molecule has 0 saturated carbocycles. The highest BCUT2D eigenvalue weighted by atomic mass is 16.5. The fourth-order valence-corrected chi connectivity index (χ4v) is 2.46. The topological polar surface area (TPSA) is 51.5 Å². The maximum Gasteiger partial charge on any atom is 0.335 e.